The van der Waals surface area contributed by atoms with E-state index in [1.807, 2.05) is 18.2 Å². The van der Waals surface area contributed by atoms with Gasteiger partial charge in [-0.25, -0.2) is 4.39 Å². The van der Waals surface area contributed by atoms with Crippen LogP contribution in [0.5, 0.6) is 0 Å². The number of hydrogen-bond donors (Lipinski definition) is 2. The van der Waals surface area contributed by atoms with Crippen LogP contribution in [0.4, 0.5) is 10.1 Å². The number of allylic oxidation sites excluding steroid dienone is 1. The summed E-state index contributed by atoms with van der Waals surface area (Å²) in [6.07, 6.45) is 8.52. The van der Waals surface area contributed by atoms with Gasteiger partial charge in [0.2, 0.25) is 0 Å². The Morgan fingerprint density at radius 3 is 2.42 bits per heavy atom. The Hall–Kier alpha value is -2.34. The summed E-state index contributed by atoms with van der Waals surface area (Å²) in [6.45, 7) is 9.39. The molecule has 2 heterocycles. The SMILES string of the molecule is C=C(/C=C/c1cc(CCC)c(Cl)cc1N)N1C2CCC1CN(Cc1ccc(F)cc1)C2.CO. The maximum absolute atomic E-state index is 13.2. The fourth-order valence-electron chi connectivity index (χ4n) is 4.97. The van der Waals surface area contributed by atoms with Gasteiger partial charge in [0.05, 0.1) is 0 Å². The monoisotopic (exact) mass is 471 g/mol. The highest BCUT2D eigenvalue weighted by Crippen LogP contribution is 2.34. The van der Waals surface area contributed by atoms with Crippen molar-refractivity contribution in [3.8, 4) is 0 Å². The molecule has 6 heteroatoms. The number of nitrogen functional groups attached to an aromatic ring is 1. The van der Waals surface area contributed by atoms with E-state index in [0.29, 0.717) is 17.8 Å². The molecule has 0 radical (unpaired) electrons. The lowest BCUT2D eigenvalue weighted by Gasteiger charge is -2.42. The lowest BCUT2D eigenvalue weighted by Crippen LogP contribution is -2.52. The fourth-order valence-corrected chi connectivity index (χ4v) is 5.23. The molecular weight excluding hydrogens is 437 g/mol. The minimum Gasteiger partial charge on any atom is -0.400 e. The third-order valence-corrected chi connectivity index (χ3v) is 6.79. The van der Waals surface area contributed by atoms with Gasteiger partial charge in [-0.2, -0.15) is 0 Å². The molecule has 2 aliphatic rings. The molecule has 2 aromatic rings. The van der Waals surface area contributed by atoms with Gasteiger partial charge in [-0.15, -0.1) is 0 Å². The molecule has 2 aromatic carbocycles. The van der Waals surface area contributed by atoms with E-state index < -0.39 is 0 Å². The standard InChI is InChI=1S/C26H31ClFN3.CH4O/c1-3-4-20-13-21(26(29)14-25(20)27)8-5-18(2)31-23-11-12-24(31)17-30(16-23)15-19-6-9-22(28)10-7-19;1-2/h5-10,13-14,23-24H,2-4,11-12,15-17,29H2,1H3;2H,1H3/b8-5+;. The number of aliphatic hydroxyl groups is 1. The number of hydrogen-bond acceptors (Lipinski definition) is 4. The molecule has 2 aliphatic heterocycles. The molecule has 0 aromatic heterocycles. The van der Waals surface area contributed by atoms with E-state index in [0.717, 1.165) is 67.0 Å². The van der Waals surface area contributed by atoms with E-state index in [2.05, 4.69) is 41.5 Å². The maximum Gasteiger partial charge on any atom is 0.123 e. The van der Waals surface area contributed by atoms with Crippen molar-refractivity contribution in [1.82, 2.24) is 9.80 Å². The lowest BCUT2D eigenvalue weighted by atomic mass is 10.0. The fraction of sp³-hybridized carbons (Fsp3) is 0.407. The summed E-state index contributed by atoms with van der Waals surface area (Å²) >= 11 is 6.34. The van der Waals surface area contributed by atoms with Gasteiger partial charge in [-0.05, 0) is 66.3 Å². The average Bonchev–Trinajstić information content (AvgIpc) is 3.08. The van der Waals surface area contributed by atoms with Gasteiger partial charge < -0.3 is 15.7 Å². The highest BCUT2D eigenvalue weighted by molar-refractivity contribution is 6.31. The van der Waals surface area contributed by atoms with Crippen molar-refractivity contribution in [1.29, 1.82) is 0 Å². The summed E-state index contributed by atoms with van der Waals surface area (Å²) in [6, 6.07) is 11.7. The Morgan fingerprint density at radius 2 is 1.82 bits per heavy atom. The van der Waals surface area contributed by atoms with Crippen molar-refractivity contribution in [3.63, 3.8) is 0 Å². The summed E-state index contributed by atoms with van der Waals surface area (Å²) in [4.78, 5) is 4.97. The second-order valence-electron chi connectivity index (χ2n) is 8.76. The average molecular weight is 472 g/mol. The van der Waals surface area contributed by atoms with E-state index in [1.165, 1.54) is 12.8 Å². The van der Waals surface area contributed by atoms with Crippen LogP contribution in [0.1, 0.15) is 42.9 Å². The minimum atomic E-state index is -0.181. The van der Waals surface area contributed by atoms with Gasteiger partial charge in [0.15, 0.2) is 0 Å². The molecule has 2 saturated heterocycles. The zero-order valence-electron chi connectivity index (χ0n) is 19.6. The molecule has 3 N–H and O–H groups in total. The molecule has 4 nitrogen and oxygen atoms in total. The molecule has 4 rings (SSSR count). The summed E-state index contributed by atoms with van der Waals surface area (Å²) in [5.41, 5.74) is 11.2. The number of nitrogens with zero attached hydrogens (tertiary/aromatic N) is 2. The van der Waals surface area contributed by atoms with Crippen molar-refractivity contribution in [3.05, 3.63) is 82.3 Å². The number of nitrogens with two attached hydrogens (primary N) is 1. The molecule has 178 valence electrons. The molecular formula is C27H35ClFN3O. The zero-order valence-corrected chi connectivity index (χ0v) is 20.4. The normalized spacial score (nSPS) is 20.1. The van der Waals surface area contributed by atoms with Crippen molar-refractivity contribution in [2.24, 2.45) is 0 Å². The number of piperazine rings is 1. The number of rotatable bonds is 7. The van der Waals surface area contributed by atoms with Gasteiger partial charge >= 0.3 is 0 Å². The second-order valence-corrected chi connectivity index (χ2v) is 9.17. The molecule has 0 aliphatic carbocycles. The number of benzene rings is 2. The van der Waals surface area contributed by atoms with Crippen LogP contribution in [0, 0.1) is 5.82 Å². The highest BCUT2D eigenvalue weighted by atomic mass is 35.5. The molecule has 0 spiro atoms. The van der Waals surface area contributed by atoms with Crippen molar-refractivity contribution < 1.29 is 9.50 Å². The van der Waals surface area contributed by atoms with Crippen molar-refractivity contribution in [2.75, 3.05) is 25.9 Å². The predicted octanol–water partition coefficient (Wildman–Crippen LogP) is 5.50. The zero-order chi connectivity index (χ0) is 24.0. The third kappa shape index (κ3) is 6.17. The third-order valence-electron chi connectivity index (χ3n) is 6.44. The van der Waals surface area contributed by atoms with Crippen LogP contribution in [-0.4, -0.2) is 47.2 Å². The highest BCUT2D eigenvalue weighted by Gasteiger charge is 2.39. The molecule has 2 unspecified atom stereocenters. The van der Waals surface area contributed by atoms with Crippen molar-refractivity contribution >= 4 is 23.4 Å². The number of fused-ring (bicyclic) bond motifs is 2. The smallest absolute Gasteiger partial charge is 0.123 e. The topological polar surface area (TPSA) is 52.7 Å². The van der Waals surface area contributed by atoms with Gasteiger partial charge in [0, 0.05) is 55.2 Å². The molecule has 0 amide bonds. The first-order valence-electron chi connectivity index (χ1n) is 11.6. The quantitative estimate of drug-likeness (QED) is 0.413. The summed E-state index contributed by atoms with van der Waals surface area (Å²) in [5, 5.41) is 7.74. The van der Waals surface area contributed by atoms with Crippen LogP contribution in [0.3, 0.4) is 0 Å². The lowest BCUT2D eigenvalue weighted by molar-refractivity contribution is 0.0929. The summed E-state index contributed by atoms with van der Waals surface area (Å²) in [7, 11) is 1.00. The summed E-state index contributed by atoms with van der Waals surface area (Å²) in [5.74, 6) is -0.181. The van der Waals surface area contributed by atoms with E-state index in [1.54, 1.807) is 12.1 Å². The predicted molar refractivity (Wildman–Crippen MR) is 137 cm³/mol. The number of anilines is 1. The van der Waals surface area contributed by atoms with Crippen LogP contribution in [0.25, 0.3) is 6.08 Å². The van der Waals surface area contributed by atoms with Crippen LogP contribution in [0.15, 0.2) is 54.8 Å². The number of halogens is 2. The van der Waals surface area contributed by atoms with E-state index >= 15 is 0 Å². The number of likely N-dealkylation sites (tertiary alicyclic amines) is 1. The Morgan fingerprint density at radius 1 is 1.18 bits per heavy atom. The van der Waals surface area contributed by atoms with Gasteiger partial charge in [0.1, 0.15) is 5.82 Å². The first kappa shape index (κ1) is 25.3. The Bertz CT molecular complexity index is 962. The number of aryl methyl sites for hydroxylation is 1. The molecule has 0 saturated carbocycles. The second kappa shape index (κ2) is 11.7. The molecule has 2 bridgehead atoms. The van der Waals surface area contributed by atoms with Gasteiger partial charge in [0.25, 0.3) is 0 Å². The first-order valence-corrected chi connectivity index (χ1v) is 12.0. The molecule has 33 heavy (non-hydrogen) atoms. The first-order chi connectivity index (χ1) is 15.9. The van der Waals surface area contributed by atoms with Crippen LogP contribution < -0.4 is 5.73 Å². The van der Waals surface area contributed by atoms with E-state index in [4.69, 9.17) is 22.4 Å². The van der Waals surface area contributed by atoms with E-state index in [9.17, 15) is 4.39 Å². The maximum atomic E-state index is 13.2. The van der Waals surface area contributed by atoms with Crippen molar-refractivity contribution in [2.45, 2.75) is 51.2 Å². The van der Waals surface area contributed by atoms with Crippen LogP contribution >= 0.6 is 11.6 Å². The molecule has 2 fully saturated rings. The summed E-state index contributed by atoms with van der Waals surface area (Å²) < 4.78 is 13.2. The largest absolute Gasteiger partial charge is 0.400 e. The van der Waals surface area contributed by atoms with Crippen LogP contribution in [0.2, 0.25) is 5.02 Å². The Kier molecular flexibility index (Phi) is 8.95. The molecule has 2 atom stereocenters. The van der Waals surface area contributed by atoms with Crippen LogP contribution in [-0.2, 0) is 13.0 Å². The van der Waals surface area contributed by atoms with Gasteiger partial charge in [-0.1, -0.05) is 49.7 Å². The van der Waals surface area contributed by atoms with Gasteiger partial charge in [-0.3, -0.25) is 4.90 Å². The Balaban J connectivity index is 0.00000149. The Labute approximate surface area is 202 Å². The number of aliphatic hydroxyl groups excluding tert-OH is 1. The minimum absolute atomic E-state index is 0.181. The van der Waals surface area contributed by atoms with E-state index in [-0.39, 0.29) is 5.82 Å².